The van der Waals surface area contributed by atoms with Gasteiger partial charge in [0.25, 0.3) is 13.7 Å². The van der Waals surface area contributed by atoms with E-state index in [1.165, 1.54) is 205 Å². The van der Waals surface area contributed by atoms with Crippen molar-refractivity contribution in [2.75, 3.05) is 13.2 Å². The maximum Gasteiger partial charge on any atom is 0.254 e. The zero-order valence-electron chi connectivity index (χ0n) is 59.4. The topological polar surface area (TPSA) is 108 Å². The van der Waals surface area contributed by atoms with Gasteiger partial charge in [0.05, 0.1) is 69.1 Å². The highest BCUT2D eigenvalue weighted by Crippen LogP contribution is 2.38. The molecular formula is C82H110B2Cl2N8O2. The van der Waals surface area contributed by atoms with E-state index in [0.29, 0.717) is 73.2 Å². The molecule has 4 aromatic heterocycles. The predicted molar refractivity (Wildman–Crippen MR) is 411 cm³/mol. The van der Waals surface area contributed by atoms with Gasteiger partial charge in [-0.2, -0.15) is 5.26 Å². The van der Waals surface area contributed by atoms with Gasteiger partial charge in [0.2, 0.25) is 5.70 Å². The largest absolute Gasteiger partial charge is 0.494 e. The van der Waals surface area contributed by atoms with Crippen molar-refractivity contribution in [3.8, 4) is 40.1 Å². The summed E-state index contributed by atoms with van der Waals surface area (Å²) >= 11 is 13.1. The lowest BCUT2D eigenvalue weighted by Gasteiger charge is -2.18. The minimum Gasteiger partial charge on any atom is -0.494 e. The lowest BCUT2D eigenvalue weighted by molar-refractivity contribution is 0.304. The number of aromatic nitrogens is 6. The minimum absolute atomic E-state index is 0.188. The van der Waals surface area contributed by atoms with Crippen molar-refractivity contribution in [2.45, 2.75) is 272 Å². The van der Waals surface area contributed by atoms with Gasteiger partial charge < -0.3 is 18.4 Å². The zero-order valence-corrected chi connectivity index (χ0v) is 60.9. The molecule has 0 N–H and O–H groups in total. The number of rotatable bonds is 46. The van der Waals surface area contributed by atoms with Crippen LogP contribution in [0, 0.1) is 17.9 Å². The van der Waals surface area contributed by atoms with Gasteiger partial charge >= 0.3 is 0 Å². The number of benzene rings is 4. The molecule has 0 fully saturated rings. The molecule has 10 nitrogen and oxygen atoms in total. The highest BCUT2D eigenvalue weighted by Gasteiger charge is 2.31. The summed E-state index contributed by atoms with van der Waals surface area (Å²) in [5.41, 5.74) is 7.47. The molecule has 0 amide bonds. The molecule has 4 heterocycles. The van der Waals surface area contributed by atoms with Crippen LogP contribution >= 0.6 is 23.2 Å². The summed E-state index contributed by atoms with van der Waals surface area (Å²) < 4.78 is 17.5. The van der Waals surface area contributed by atoms with Crippen molar-refractivity contribution < 1.29 is 9.47 Å². The predicted octanol–water partition coefficient (Wildman–Crippen LogP) is 23.8. The Morgan fingerprint density at radius 3 is 1.19 bits per heavy atom. The van der Waals surface area contributed by atoms with Gasteiger partial charge in [0.15, 0.2) is 0 Å². The van der Waals surface area contributed by atoms with Crippen LogP contribution < -0.4 is 20.2 Å². The number of halogens is 2. The third-order valence-electron chi connectivity index (χ3n) is 19.2. The van der Waals surface area contributed by atoms with E-state index in [2.05, 4.69) is 110 Å². The fraction of sp³-hybridized carbons (Fsp3) is 0.537. The van der Waals surface area contributed by atoms with Gasteiger partial charge in [0, 0.05) is 33.7 Å². The van der Waals surface area contributed by atoms with Crippen LogP contribution in [0.25, 0.3) is 71.5 Å². The first-order chi connectivity index (χ1) is 47.1. The number of para-hydroxylation sites is 2. The molecule has 510 valence electrons. The molecule has 0 aliphatic heterocycles. The molecular weight excluding hydrogens is 1220 g/mol. The maximum atomic E-state index is 11.7. The van der Waals surface area contributed by atoms with E-state index in [1.54, 1.807) is 24.5 Å². The van der Waals surface area contributed by atoms with Crippen LogP contribution in [0.3, 0.4) is 0 Å². The van der Waals surface area contributed by atoms with Gasteiger partial charge in [0.1, 0.15) is 28.8 Å². The standard InChI is InChI=1S/C82H110B2Cl2N8O2/c1-8-10-12-14-16-18-20-22-24-26-28-30-32-34-36-38-40-44-56-95-65-52-48-63(49-53-65)79-76-77(82(94(79)84(5)6)78(88-7)75-62-90-72-58-68(85)69(86)59-73(72)92-75)80(93(83(3)4)81(76)67(60-87)74-61-89-70-46-42-43-47-71(70)91-74)64-50-54-66(55-51-64)96-57-45-41-39-37-35-33-31-29-27-25-23-21-19-17-15-13-11-9-2/h42-43,46-55,58-59,61-62H,8-41,44-45,56-57H2,1-6H3/b81-67-,82-78+. The minimum atomic E-state index is -0.199. The summed E-state index contributed by atoms with van der Waals surface area (Å²) in [6.07, 6.45) is 51.5. The Morgan fingerprint density at radius 2 is 0.792 bits per heavy atom. The first kappa shape index (κ1) is 75.2. The number of ether oxygens (including phenoxy) is 2. The van der Waals surface area contributed by atoms with Gasteiger partial charge in [-0.1, -0.05) is 295 Å². The summed E-state index contributed by atoms with van der Waals surface area (Å²) in [5.74, 6) is 1.59. The lowest BCUT2D eigenvalue weighted by Crippen LogP contribution is -2.34. The average Bonchev–Trinajstić information content (AvgIpc) is 1.53. The quantitative estimate of drug-likeness (QED) is 0.0212. The molecule has 8 aromatic rings. The maximum absolute atomic E-state index is 11.7. The molecule has 0 atom stereocenters. The van der Waals surface area contributed by atoms with E-state index >= 15 is 0 Å². The van der Waals surface area contributed by atoms with Crippen LogP contribution in [-0.4, -0.2) is 55.8 Å². The zero-order chi connectivity index (χ0) is 67.7. The van der Waals surface area contributed by atoms with Gasteiger partial charge in [-0.25, -0.2) is 9.83 Å². The Hall–Kier alpha value is -6.59. The molecule has 0 bridgehead atoms. The number of hydrogen-bond acceptors (Lipinski definition) is 7. The monoisotopic (exact) mass is 1330 g/mol. The van der Waals surface area contributed by atoms with Gasteiger partial charge in [-0.3, -0.25) is 15.0 Å². The molecule has 96 heavy (non-hydrogen) atoms. The third kappa shape index (κ3) is 22.0. The summed E-state index contributed by atoms with van der Waals surface area (Å²) in [5, 5.41) is 15.4. The number of nitrogens with zero attached hydrogens (tertiary/aromatic N) is 8. The van der Waals surface area contributed by atoms with Crippen molar-refractivity contribution in [3.05, 3.63) is 141 Å². The number of nitriles is 1. The van der Waals surface area contributed by atoms with Crippen LogP contribution in [-0.2, 0) is 0 Å². The molecule has 0 unspecified atom stereocenters. The summed E-state index contributed by atoms with van der Waals surface area (Å²) in [4.78, 5) is 24.4. The van der Waals surface area contributed by atoms with Gasteiger partial charge in [-0.15, -0.1) is 0 Å². The molecule has 8 rings (SSSR count). The molecule has 0 aliphatic rings. The fourth-order valence-electron chi connectivity index (χ4n) is 13.9. The Balaban J connectivity index is 1.05. The van der Waals surface area contributed by atoms with E-state index in [1.807, 2.05) is 24.3 Å². The fourth-order valence-corrected chi connectivity index (χ4v) is 14.3. The van der Waals surface area contributed by atoms with Crippen molar-refractivity contribution in [3.63, 3.8) is 0 Å². The van der Waals surface area contributed by atoms with E-state index < -0.39 is 0 Å². The van der Waals surface area contributed by atoms with Crippen LogP contribution in [0.1, 0.15) is 256 Å². The second-order valence-corrected chi connectivity index (χ2v) is 28.4. The number of hydrogen-bond donors (Lipinski definition) is 0. The summed E-state index contributed by atoms with van der Waals surface area (Å²) in [6.45, 7) is 23.3. The highest BCUT2D eigenvalue weighted by molar-refractivity contribution is 6.56. The molecule has 4 aromatic carbocycles. The Kier molecular flexibility index (Phi) is 32.6. The van der Waals surface area contributed by atoms with Crippen LogP contribution in [0.2, 0.25) is 37.3 Å². The Morgan fingerprint density at radius 1 is 0.448 bits per heavy atom. The molecule has 0 saturated heterocycles. The van der Waals surface area contributed by atoms with Crippen LogP contribution in [0.15, 0.2) is 97.3 Å². The lowest BCUT2D eigenvalue weighted by atomic mass is 9.67. The van der Waals surface area contributed by atoms with Gasteiger partial charge in [-0.05, 0) is 96.8 Å². The SMILES string of the molecule is [C-]#[N+]/C(c1cnc2cc(Cl)c(Cl)cc2n1)=c1\c2c(-c3ccc(OCCCCCCCCCCCCCCCCCCCC)cc3)n(B(C)C)/c(=C(/C#N)c3cnc4ccccc4n3)c2c(-c2ccc(OCCCCCCCCCCCCCCCCCCCC)cc2)n1B(C)C. The Bertz CT molecular complexity index is 3780. The molecule has 0 saturated carbocycles. The molecule has 0 aliphatic carbocycles. The van der Waals surface area contributed by atoms with Crippen molar-refractivity contribution >= 4 is 81.0 Å². The molecule has 14 heteroatoms. The average molecular weight is 1330 g/mol. The first-order valence-electron chi connectivity index (χ1n) is 37.7. The summed E-state index contributed by atoms with van der Waals surface area (Å²) in [7, 11) is 0. The normalized spacial score (nSPS) is 12.2. The van der Waals surface area contributed by atoms with Crippen molar-refractivity contribution in [1.82, 2.24) is 28.9 Å². The molecule has 0 radical (unpaired) electrons. The van der Waals surface area contributed by atoms with E-state index in [-0.39, 0.29) is 13.7 Å². The van der Waals surface area contributed by atoms with Crippen molar-refractivity contribution in [1.29, 1.82) is 5.26 Å². The number of fused-ring (bicyclic) bond motifs is 3. The van der Waals surface area contributed by atoms with Crippen molar-refractivity contribution in [2.24, 2.45) is 0 Å². The second kappa shape index (κ2) is 41.6. The summed E-state index contributed by atoms with van der Waals surface area (Å²) in [6, 6.07) is 30.5. The number of unbranched alkanes of at least 4 members (excludes halogenated alkanes) is 34. The van der Waals surface area contributed by atoms with E-state index in [4.69, 9.17) is 52.6 Å². The Labute approximate surface area is 587 Å². The van der Waals surface area contributed by atoms with E-state index in [9.17, 15) is 11.8 Å². The van der Waals surface area contributed by atoms with Crippen LogP contribution in [0.4, 0.5) is 0 Å². The first-order valence-corrected chi connectivity index (χ1v) is 38.5. The van der Waals surface area contributed by atoms with E-state index in [0.717, 1.165) is 76.0 Å². The third-order valence-corrected chi connectivity index (χ3v) is 19.9. The molecule has 0 spiro atoms. The second-order valence-electron chi connectivity index (χ2n) is 27.5. The van der Waals surface area contributed by atoms with Crippen LogP contribution in [0.5, 0.6) is 11.5 Å². The smallest absolute Gasteiger partial charge is 0.254 e. The highest BCUT2D eigenvalue weighted by atomic mass is 35.5.